The normalized spacial score (nSPS) is 16.0. The van der Waals surface area contributed by atoms with Gasteiger partial charge in [-0.25, -0.2) is 0 Å². The number of aryl methyl sites for hydroxylation is 1. The molecule has 2 rings (SSSR count). The number of likely N-dealkylation sites (tertiary alicyclic amines) is 1. The van der Waals surface area contributed by atoms with E-state index in [-0.39, 0.29) is 5.91 Å². The van der Waals surface area contributed by atoms with E-state index >= 15 is 0 Å². The summed E-state index contributed by atoms with van der Waals surface area (Å²) in [5.74, 6) is 0.760. The predicted octanol–water partition coefficient (Wildman–Crippen LogP) is 1.42. The van der Waals surface area contributed by atoms with Gasteiger partial charge >= 0.3 is 0 Å². The number of amides is 1. The van der Waals surface area contributed by atoms with Gasteiger partial charge in [-0.05, 0) is 37.9 Å². The number of rotatable bonds is 3. The van der Waals surface area contributed by atoms with E-state index in [1.54, 1.807) is 0 Å². The van der Waals surface area contributed by atoms with Gasteiger partial charge in [0.1, 0.15) is 0 Å². The number of benzene rings is 1. The first-order valence-corrected chi connectivity index (χ1v) is 5.76. The Labute approximate surface area is 96.2 Å². The van der Waals surface area contributed by atoms with E-state index in [4.69, 9.17) is 5.73 Å². The van der Waals surface area contributed by atoms with Gasteiger partial charge in [0.25, 0.3) is 5.91 Å². The van der Waals surface area contributed by atoms with E-state index < -0.39 is 0 Å². The van der Waals surface area contributed by atoms with Crippen molar-refractivity contribution >= 4 is 5.91 Å². The third kappa shape index (κ3) is 2.25. The molecule has 0 saturated carbocycles. The molecule has 0 atom stereocenters. The molecule has 1 amide bonds. The van der Waals surface area contributed by atoms with Crippen LogP contribution in [0.2, 0.25) is 0 Å². The lowest BCUT2D eigenvalue weighted by Crippen LogP contribution is -2.50. The van der Waals surface area contributed by atoms with E-state index in [2.05, 4.69) is 0 Å². The van der Waals surface area contributed by atoms with Crippen LogP contribution in [0.15, 0.2) is 24.3 Å². The number of hydrogen-bond donors (Lipinski definition) is 1. The standard InChI is InChI=1S/C13H18N2O/c1-10-3-2-4-12(7-10)13(16)15-8-11(9-15)5-6-14/h2-4,7,11H,5-6,8-9,14H2,1H3. The summed E-state index contributed by atoms with van der Waals surface area (Å²) in [5.41, 5.74) is 7.41. The SMILES string of the molecule is Cc1cccc(C(=O)N2CC(CCN)C2)c1. The fourth-order valence-electron chi connectivity index (χ4n) is 2.11. The summed E-state index contributed by atoms with van der Waals surface area (Å²) in [7, 11) is 0. The van der Waals surface area contributed by atoms with Gasteiger partial charge in [0.15, 0.2) is 0 Å². The van der Waals surface area contributed by atoms with Gasteiger partial charge in [0, 0.05) is 18.7 Å². The molecule has 1 aromatic rings. The highest BCUT2D eigenvalue weighted by atomic mass is 16.2. The molecule has 3 nitrogen and oxygen atoms in total. The van der Waals surface area contributed by atoms with E-state index in [0.717, 1.165) is 37.2 Å². The van der Waals surface area contributed by atoms with Crippen molar-refractivity contribution in [3.05, 3.63) is 35.4 Å². The Hall–Kier alpha value is -1.35. The Kier molecular flexibility index (Phi) is 3.25. The summed E-state index contributed by atoms with van der Waals surface area (Å²) >= 11 is 0. The van der Waals surface area contributed by atoms with Crippen molar-refractivity contribution in [1.82, 2.24) is 4.90 Å². The zero-order chi connectivity index (χ0) is 11.5. The minimum Gasteiger partial charge on any atom is -0.338 e. The van der Waals surface area contributed by atoms with Crippen LogP contribution in [0.1, 0.15) is 22.3 Å². The Balaban J connectivity index is 1.95. The number of carbonyl (C=O) groups excluding carboxylic acids is 1. The second kappa shape index (κ2) is 4.66. The first-order valence-electron chi connectivity index (χ1n) is 5.76. The molecule has 0 spiro atoms. The second-order valence-electron chi connectivity index (χ2n) is 4.52. The molecule has 0 aliphatic carbocycles. The van der Waals surface area contributed by atoms with Crippen LogP contribution >= 0.6 is 0 Å². The molecule has 1 aromatic carbocycles. The number of nitrogens with two attached hydrogens (primary N) is 1. The van der Waals surface area contributed by atoms with Crippen molar-refractivity contribution in [1.29, 1.82) is 0 Å². The molecule has 1 fully saturated rings. The van der Waals surface area contributed by atoms with Crippen LogP contribution in [0.25, 0.3) is 0 Å². The molecule has 0 bridgehead atoms. The first kappa shape index (κ1) is 11.1. The Morgan fingerprint density at radius 2 is 2.25 bits per heavy atom. The maximum absolute atomic E-state index is 12.0. The molecular formula is C13H18N2O. The molecule has 0 aromatic heterocycles. The van der Waals surface area contributed by atoms with Crippen LogP contribution in [0.4, 0.5) is 0 Å². The topological polar surface area (TPSA) is 46.3 Å². The van der Waals surface area contributed by atoms with Crippen molar-refractivity contribution in [2.24, 2.45) is 11.7 Å². The summed E-state index contributed by atoms with van der Waals surface area (Å²) in [6, 6.07) is 7.76. The van der Waals surface area contributed by atoms with Gasteiger partial charge in [-0.1, -0.05) is 17.7 Å². The predicted molar refractivity (Wildman–Crippen MR) is 64.2 cm³/mol. The quantitative estimate of drug-likeness (QED) is 0.834. The minimum atomic E-state index is 0.150. The molecule has 86 valence electrons. The molecule has 0 radical (unpaired) electrons. The molecule has 16 heavy (non-hydrogen) atoms. The maximum atomic E-state index is 12.0. The highest BCUT2D eigenvalue weighted by molar-refractivity contribution is 5.94. The Morgan fingerprint density at radius 1 is 1.50 bits per heavy atom. The van der Waals surface area contributed by atoms with Gasteiger partial charge in [-0.15, -0.1) is 0 Å². The van der Waals surface area contributed by atoms with Crippen LogP contribution in [-0.2, 0) is 0 Å². The van der Waals surface area contributed by atoms with Crippen molar-refractivity contribution in [3.8, 4) is 0 Å². The Bertz CT molecular complexity index is 383. The average molecular weight is 218 g/mol. The molecule has 1 aliphatic heterocycles. The average Bonchev–Trinajstić information content (AvgIpc) is 2.22. The summed E-state index contributed by atoms with van der Waals surface area (Å²) in [4.78, 5) is 13.9. The van der Waals surface area contributed by atoms with Crippen molar-refractivity contribution in [3.63, 3.8) is 0 Å². The highest BCUT2D eigenvalue weighted by Crippen LogP contribution is 2.21. The molecule has 2 N–H and O–H groups in total. The van der Waals surface area contributed by atoms with Gasteiger partial charge in [-0.3, -0.25) is 4.79 Å². The fourth-order valence-corrected chi connectivity index (χ4v) is 2.11. The van der Waals surface area contributed by atoms with Crippen molar-refractivity contribution in [2.45, 2.75) is 13.3 Å². The van der Waals surface area contributed by atoms with Gasteiger partial charge < -0.3 is 10.6 Å². The monoisotopic (exact) mass is 218 g/mol. The third-order valence-corrected chi connectivity index (χ3v) is 3.08. The zero-order valence-electron chi connectivity index (χ0n) is 9.65. The van der Waals surface area contributed by atoms with Crippen LogP contribution in [0.5, 0.6) is 0 Å². The maximum Gasteiger partial charge on any atom is 0.253 e. The lowest BCUT2D eigenvalue weighted by molar-refractivity contribution is 0.0490. The van der Waals surface area contributed by atoms with Gasteiger partial charge in [0.05, 0.1) is 0 Å². The minimum absolute atomic E-state index is 0.150. The molecule has 1 heterocycles. The lowest BCUT2D eigenvalue weighted by atomic mass is 9.95. The summed E-state index contributed by atoms with van der Waals surface area (Å²) in [6.45, 7) is 4.45. The van der Waals surface area contributed by atoms with Crippen LogP contribution in [0, 0.1) is 12.8 Å². The third-order valence-electron chi connectivity index (χ3n) is 3.08. The fraction of sp³-hybridized carbons (Fsp3) is 0.462. The Morgan fingerprint density at radius 3 is 2.88 bits per heavy atom. The first-order chi connectivity index (χ1) is 7.70. The van der Waals surface area contributed by atoms with E-state index in [1.807, 2.05) is 36.1 Å². The smallest absolute Gasteiger partial charge is 0.253 e. The van der Waals surface area contributed by atoms with Crippen molar-refractivity contribution < 1.29 is 4.79 Å². The van der Waals surface area contributed by atoms with Crippen LogP contribution in [-0.4, -0.2) is 30.4 Å². The number of hydrogen-bond acceptors (Lipinski definition) is 2. The van der Waals surface area contributed by atoms with Crippen molar-refractivity contribution in [2.75, 3.05) is 19.6 Å². The van der Waals surface area contributed by atoms with E-state index in [9.17, 15) is 4.79 Å². The van der Waals surface area contributed by atoms with E-state index in [1.165, 1.54) is 0 Å². The number of nitrogens with zero attached hydrogens (tertiary/aromatic N) is 1. The molecule has 1 aliphatic rings. The number of carbonyl (C=O) groups is 1. The summed E-state index contributed by atoms with van der Waals surface area (Å²) < 4.78 is 0. The largest absolute Gasteiger partial charge is 0.338 e. The van der Waals surface area contributed by atoms with E-state index in [0.29, 0.717) is 5.92 Å². The zero-order valence-corrected chi connectivity index (χ0v) is 9.65. The second-order valence-corrected chi connectivity index (χ2v) is 4.52. The van der Waals surface area contributed by atoms with Crippen LogP contribution < -0.4 is 5.73 Å². The molecule has 0 unspecified atom stereocenters. The highest BCUT2D eigenvalue weighted by Gasteiger charge is 2.30. The summed E-state index contributed by atoms with van der Waals surface area (Å²) in [5, 5.41) is 0. The molecular weight excluding hydrogens is 200 g/mol. The molecule has 1 saturated heterocycles. The van der Waals surface area contributed by atoms with Gasteiger partial charge in [0.2, 0.25) is 0 Å². The van der Waals surface area contributed by atoms with Gasteiger partial charge in [-0.2, -0.15) is 0 Å². The van der Waals surface area contributed by atoms with Crippen LogP contribution in [0.3, 0.4) is 0 Å². The molecule has 3 heteroatoms. The summed E-state index contributed by atoms with van der Waals surface area (Å²) in [6.07, 6.45) is 1.03. The lowest BCUT2D eigenvalue weighted by Gasteiger charge is -2.39.